The number of aliphatic hydroxyl groups is 1. The average Bonchev–Trinajstić information content (AvgIpc) is 2.39. The van der Waals surface area contributed by atoms with Crippen molar-refractivity contribution < 1.29 is 5.11 Å². The minimum atomic E-state index is 0. The topological polar surface area (TPSA) is 44.0 Å². The standard InChI is InChI=1S/C14H11NO.CH4/c15-9-13-3-1-2-4-14(13)12-7-5-11(10-16)6-8-12;/h1-8,16H,10H2;1H4. The fourth-order valence-electron chi connectivity index (χ4n) is 1.62. The Bertz CT molecular complexity index is 523. The molecule has 86 valence electrons. The molecule has 0 amide bonds. The molecule has 17 heavy (non-hydrogen) atoms. The summed E-state index contributed by atoms with van der Waals surface area (Å²) in [5.74, 6) is 0. The van der Waals surface area contributed by atoms with E-state index in [9.17, 15) is 0 Å². The lowest BCUT2D eigenvalue weighted by atomic mass is 9.99. The van der Waals surface area contributed by atoms with Gasteiger partial charge in [-0.2, -0.15) is 5.26 Å². The Morgan fingerprint density at radius 3 is 2.24 bits per heavy atom. The average molecular weight is 225 g/mol. The van der Waals surface area contributed by atoms with Crippen LogP contribution in [-0.4, -0.2) is 5.11 Å². The zero-order valence-electron chi connectivity index (χ0n) is 8.72. The molecule has 0 saturated heterocycles. The monoisotopic (exact) mass is 225 g/mol. The van der Waals surface area contributed by atoms with E-state index >= 15 is 0 Å². The number of benzene rings is 2. The quantitative estimate of drug-likeness (QED) is 0.851. The molecule has 1 N–H and O–H groups in total. The first-order chi connectivity index (χ1) is 7.85. The Hall–Kier alpha value is -2.11. The van der Waals surface area contributed by atoms with Crippen LogP contribution in [0.25, 0.3) is 11.1 Å². The first kappa shape index (κ1) is 13.0. The first-order valence-electron chi connectivity index (χ1n) is 5.04. The summed E-state index contributed by atoms with van der Waals surface area (Å²) in [6.07, 6.45) is 0. The predicted octanol–water partition coefficient (Wildman–Crippen LogP) is 3.35. The van der Waals surface area contributed by atoms with Crippen LogP contribution in [-0.2, 0) is 6.61 Å². The molecule has 0 spiro atoms. The summed E-state index contributed by atoms with van der Waals surface area (Å²) in [6, 6.07) is 17.2. The van der Waals surface area contributed by atoms with Crippen molar-refractivity contribution in [1.82, 2.24) is 0 Å². The summed E-state index contributed by atoms with van der Waals surface area (Å²) in [5.41, 5.74) is 3.46. The van der Waals surface area contributed by atoms with Gasteiger partial charge in [0.2, 0.25) is 0 Å². The van der Waals surface area contributed by atoms with E-state index in [1.165, 1.54) is 0 Å². The van der Waals surface area contributed by atoms with Gasteiger partial charge in [-0.1, -0.05) is 49.9 Å². The summed E-state index contributed by atoms with van der Waals surface area (Å²) in [6.45, 7) is 0.0418. The van der Waals surface area contributed by atoms with Gasteiger partial charge in [-0.3, -0.25) is 0 Å². The number of hydrogen-bond acceptors (Lipinski definition) is 2. The second-order valence-corrected chi connectivity index (χ2v) is 3.51. The largest absolute Gasteiger partial charge is 0.392 e. The smallest absolute Gasteiger partial charge is 0.0998 e. The fraction of sp³-hybridized carbons (Fsp3) is 0.133. The Kier molecular flexibility index (Phi) is 4.45. The summed E-state index contributed by atoms with van der Waals surface area (Å²) >= 11 is 0. The van der Waals surface area contributed by atoms with Crippen molar-refractivity contribution in [2.75, 3.05) is 0 Å². The molecule has 0 unspecified atom stereocenters. The molecule has 2 nitrogen and oxygen atoms in total. The highest BCUT2D eigenvalue weighted by atomic mass is 16.3. The van der Waals surface area contributed by atoms with E-state index in [0.29, 0.717) is 5.56 Å². The van der Waals surface area contributed by atoms with E-state index < -0.39 is 0 Å². The fourth-order valence-corrected chi connectivity index (χ4v) is 1.62. The van der Waals surface area contributed by atoms with Crippen molar-refractivity contribution in [3.05, 3.63) is 59.7 Å². The number of rotatable bonds is 2. The van der Waals surface area contributed by atoms with Gasteiger partial charge in [0, 0.05) is 0 Å². The summed E-state index contributed by atoms with van der Waals surface area (Å²) in [4.78, 5) is 0. The van der Waals surface area contributed by atoms with Crippen molar-refractivity contribution in [2.45, 2.75) is 14.0 Å². The first-order valence-corrected chi connectivity index (χ1v) is 5.04. The molecular weight excluding hydrogens is 210 g/mol. The lowest BCUT2D eigenvalue weighted by molar-refractivity contribution is 0.282. The Balaban J connectivity index is 0.00000144. The predicted molar refractivity (Wildman–Crippen MR) is 69.2 cm³/mol. The lowest BCUT2D eigenvalue weighted by Crippen LogP contribution is -1.86. The van der Waals surface area contributed by atoms with Crippen LogP contribution < -0.4 is 0 Å². The van der Waals surface area contributed by atoms with E-state index in [1.54, 1.807) is 6.07 Å². The highest BCUT2D eigenvalue weighted by molar-refractivity contribution is 5.70. The number of nitrogens with zero attached hydrogens (tertiary/aromatic N) is 1. The van der Waals surface area contributed by atoms with E-state index in [-0.39, 0.29) is 14.0 Å². The van der Waals surface area contributed by atoms with Crippen LogP contribution in [0.4, 0.5) is 0 Å². The molecule has 0 atom stereocenters. The molecule has 0 heterocycles. The Morgan fingerprint density at radius 2 is 1.65 bits per heavy atom. The van der Waals surface area contributed by atoms with Crippen LogP contribution in [0.1, 0.15) is 18.6 Å². The van der Waals surface area contributed by atoms with Crippen LogP contribution in [0.15, 0.2) is 48.5 Å². The maximum absolute atomic E-state index is 8.99. The van der Waals surface area contributed by atoms with Gasteiger partial charge < -0.3 is 5.11 Å². The normalized spacial score (nSPS) is 9.18. The molecule has 2 aromatic rings. The molecule has 0 radical (unpaired) electrons. The molecule has 2 aromatic carbocycles. The minimum Gasteiger partial charge on any atom is -0.392 e. The van der Waals surface area contributed by atoms with Gasteiger partial charge in [-0.15, -0.1) is 0 Å². The summed E-state index contributed by atoms with van der Waals surface area (Å²) < 4.78 is 0. The van der Waals surface area contributed by atoms with Crippen molar-refractivity contribution in [3.8, 4) is 17.2 Å². The maximum atomic E-state index is 8.99. The number of hydrogen-bond donors (Lipinski definition) is 1. The number of aliphatic hydroxyl groups excluding tert-OH is 1. The third-order valence-electron chi connectivity index (χ3n) is 2.50. The molecule has 0 aromatic heterocycles. The zero-order chi connectivity index (χ0) is 11.4. The Morgan fingerprint density at radius 1 is 1.00 bits per heavy atom. The van der Waals surface area contributed by atoms with Gasteiger partial charge in [0.05, 0.1) is 18.2 Å². The summed E-state index contributed by atoms with van der Waals surface area (Å²) in [5, 5.41) is 17.9. The SMILES string of the molecule is C.N#Cc1ccccc1-c1ccc(CO)cc1. The van der Waals surface area contributed by atoms with Crippen LogP contribution in [0.2, 0.25) is 0 Å². The highest BCUT2D eigenvalue weighted by Crippen LogP contribution is 2.23. The van der Waals surface area contributed by atoms with Gasteiger partial charge >= 0.3 is 0 Å². The molecule has 2 rings (SSSR count). The summed E-state index contributed by atoms with van der Waals surface area (Å²) in [7, 11) is 0. The van der Waals surface area contributed by atoms with E-state index in [2.05, 4.69) is 6.07 Å². The van der Waals surface area contributed by atoms with E-state index in [4.69, 9.17) is 10.4 Å². The third-order valence-corrected chi connectivity index (χ3v) is 2.50. The lowest BCUT2D eigenvalue weighted by Gasteiger charge is -2.04. The van der Waals surface area contributed by atoms with E-state index in [0.717, 1.165) is 16.7 Å². The van der Waals surface area contributed by atoms with Crippen LogP contribution in [0.3, 0.4) is 0 Å². The third kappa shape index (κ3) is 2.72. The van der Waals surface area contributed by atoms with Crippen LogP contribution in [0, 0.1) is 11.3 Å². The molecule has 0 bridgehead atoms. The minimum absolute atomic E-state index is 0. The van der Waals surface area contributed by atoms with Gasteiger partial charge in [0.1, 0.15) is 0 Å². The zero-order valence-corrected chi connectivity index (χ0v) is 8.72. The van der Waals surface area contributed by atoms with Gasteiger partial charge in [0.25, 0.3) is 0 Å². The molecule has 0 saturated carbocycles. The van der Waals surface area contributed by atoms with E-state index in [1.807, 2.05) is 42.5 Å². The second-order valence-electron chi connectivity index (χ2n) is 3.51. The van der Waals surface area contributed by atoms with Crippen molar-refractivity contribution in [1.29, 1.82) is 5.26 Å². The molecular formula is C15H15NO. The number of nitriles is 1. The van der Waals surface area contributed by atoms with Crippen LogP contribution >= 0.6 is 0 Å². The Labute approximate surface area is 102 Å². The van der Waals surface area contributed by atoms with Gasteiger partial charge in [-0.25, -0.2) is 0 Å². The molecule has 2 heteroatoms. The molecule has 0 aliphatic rings. The van der Waals surface area contributed by atoms with Gasteiger partial charge in [0.15, 0.2) is 0 Å². The highest BCUT2D eigenvalue weighted by Gasteiger charge is 2.03. The van der Waals surface area contributed by atoms with Gasteiger partial charge in [-0.05, 0) is 22.8 Å². The van der Waals surface area contributed by atoms with Crippen LogP contribution in [0.5, 0.6) is 0 Å². The molecule has 0 aliphatic carbocycles. The maximum Gasteiger partial charge on any atom is 0.0998 e. The second kappa shape index (κ2) is 5.83. The van der Waals surface area contributed by atoms with Crippen molar-refractivity contribution >= 4 is 0 Å². The molecule has 0 aliphatic heterocycles. The van der Waals surface area contributed by atoms with Crippen molar-refractivity contribution in [2.24, 2.45) is 0 Å². The van der Waals surface area contributed by atoms with Crippen molar-refractivity contribution in [3.63, 3.8) is 0 Å². The molecule has 0 fully saturated rings.